The highest BCUT2D eigenvalue weighted by molar-refractivity contribution is 6.32. The molecule has 1 aliphatic heterocycles. The van der Waals surface area contributed by atoms with E-state index in [1.165, 1.54) is 21.6 Å². The number of aromatic nitrogens is 1. The Hall–Kier alpha value is -2.05. The van der Waals surface area contributed by atoms with Crippen LogP contribution in [0.4, 0.5) is 19.0 Å². The number of nitrogens with one attached hydrogen (secondary N) is 2. The Morgan fingerprint density at radius 3 is 2.75 bits per heavy atom. The number of rotatable bonds is 4. The largest absolute Gasteiger partial charge is 0.417 e. The van der Waals surface area contributed by atoms with Gasteiger partial charge in [-0.25, -0.2) is 4.98 Å². The van der Waals surface area contributed by atoms with Crippen LogP contribution in [0.25, 0.3) is 5.57 Å². The van der Waals surface area contributed by atoms with Crippen LogP contribution in [0.1, 0.15) is 29.5 Å². The van der Waals surface area contributed by atoms with Crippen molar-refractivity contribution in [1.82, 2.24) is 4.98 Å². The van der Waals surface area contributed by atoms with Gasteiger partial charge >= 0.3 is 6.18 Å². The summed E-state index contributed by atoms with van der Waals surface area (Å²) in [5.41, 5.74) is 5.11. The van der Waals surface area contributed by atoms with E-state index in [4.69, 9.17) is 11.6 Å². The van der Waals surface area contributed by atoms with Crippen molar-refractivity contribution in [2.75, 3.05) is 31.5 Å². The molecule has 2 aromatic rings. The Bertz CT molecular complexity index is 908. The van der Waals surface area contributed by atoms with Crippen molar-refractivity contribution < 1.29 is 18.1 Å². The van der Waals surface area contributed by atoms with Crippen molar-refractivity contribution in [1.29, 1.82) is 0 Å². The number of pyridine rings is 1. The summed E-state index contributed by atoms with van der Waals surface area (Å²) in [6.45, 7) is 3.58. The zero-order chi connectivity index (χ0) is 19.7. The number of hydrogen-bond donors (Lipinski definition) is 2. The lowest BCUT2D eigenvalue weighted by Crippen LogP contribution is -3.13. The van der Waals surface area contributed by atoms with Gasteiger partial charge in [0.15, 0.2) is 0 Å². The molecule has 148 valence electrons. The van der Waals surface area contributed by atoms with Crippen LogP contribution in [0.2, 0.25) is 5.02 Å². The second-order valence-electron chi connectivity index (χ2n) is 7.39. The van der Waals surface area contributed by atoms with Gasteiger partial charge in [-0.15, -0.1) is 0 Å². The maximum atomic E-state index is 12.7. The van der Waals surface area contributed by atoms with Gasteiger partial charge < -0.3 is 10.2 Å². The van der Waals surface area contributed by atoms with E-state index < -0.39 is 11.7 Å². The molecule has 1 aromatic carbocycles. The fourth-order valence-corrected chi connectivity index (χ4v) is 4.39. The molecule has 0 saturated carbocycles. The van der Waals surface area contributed by atoms with Crippen LogP contribution in [0.3, 0.4) is 0 Å². The number of benzene rings is 1. The van der Waals surface area contributed by atoms with E-state index in [9.17, 15) is 13.2 Å². The normalized spacial score (nSPS) is 19.2. The first-order valence-electron chi connectivity index (χ1n) is 9.51. The van der Waals surface area contributed by atoms with Gasteiger partial charge in [-0.05, 0) is 41.2 Å². The minimum atomic E-state index is -4.43. The lowest BCUT2D eigenvalue weighted by molar-refractivity contribution is -0.894. The third-order valence-electron chi connectivity index (χ3n) is 5.60. The van der Waals surface area contributed by atoms with E-state index in [1.54, 1.807) is 5.57 Å². The Morgan fingerprint density at radius 1 is 1.14 bits per heavy atom. The fourth-order valence-electron chi connectivity index (χ4n) is 4.15. The van der Waals surface area contributed by atoms with Gasteiger partial charge in [0.05, 0.1) is 36.8 Å². The van der Waals surface area contributed by atoms with Gasteiger partial charge in [-0.3, -0.25) is 0 Å². The highest BCUT2D eigenvalue weighted by Gasteiger charge is 2.31. The number of fused-ring (bicyclic) bond motifs is 2. The summed E-state index contributed by atoms with van der Waals surface area (Å²) in [5, 5.41) is 3.08. The van der Waals surface area contributed by atoms with Crippen molar-refractivity contribution in [3.63, 3.8) is 0 Å². The molecule has 0 bridgehead atoms. The summed E-state index contributed by atoms with van der Waals surface area (Å²) in [4.78, 5) is 5.32. The van der Waals surface area contributed by atoms with Gasteiger partial charge in [0.1, 0.15) is 5.82 Å². The number of hydrogen-bond acceptors (Lipinski definition) is 2. The molecule has 7 heteroatoms. The molecule has 0 radical (unpaired) electrons. The molecule has 4 rings (SSSR count). The molecule has 1 aliphatic carbocycles. The molecule has 2 heterocycles. The number of aryl methyl sites for hydroxylation is 1. The predicted octanol–water partition coefficient (Wildman–Crippen LogP) is 3.85. The summed E-state index contributed by atoms with van der Waals surface area (Å²) in [5.74, 6) is 0.303. The minimum absolute atomic E-state index is 0.00245. The zero-order valence-corrected chi connectivity index (χ0v) is 16.1. The highest BCUT2D eigenvalue weighted by Crippen LogP contribution is 2.34. The van der Waals surface area contributed by atoms with Crippen LogP contribution in [-0.4, -0.2) is 31.2 Å². The Morgan fingerprint density at radius 2 is 1.96 bits per heavy atom. The lowest BCUT2D eigenvalue weighted by Gasteiger charge is -2.32. The molecule has 28 heavy (non-hydrogen) atoms. The second kappa shape index (κ2) is 7.76. The van der Waals surface area contributed by atoms with Gasteiger partial charge in [-0.1, -0.05) is 35.9 Å². The van der Waals surface area contributed by atoms with Crippen LogP contribution in [0.15, 0.2) is 42.1 Å². The van der Waals surface area contributed by atoms with Gasteiger partial charge in [0, 0.05) is 12.6 Å². The van der Waals surface area contributed by atoms with Crippen LogP contribution in [-0.2, 0) is 12.6 Å². The molecular weight excluding hydrogens is 387 g/mol. The molecule has 1 aromatic heterocycles. The second-order valence-corrected chi connectivity index (χ2v) is 7.80. The highest BCUT2D eigenvalue weighted by atomic mass is 35.5. The summed E-state index contributed by atoms with van der Waals surface area (Å²) < 4.78 is 38.1. The zero-order valence-electron chi connectivity index (χ0n) is 15.4. The first-order chi connectivity index (χ1) is 13.4. The summed E-state index contributed by atoms with van der Waals surface area (Å²) >= 11 is 5.96. The molecule has 1 unspecified atom stereocenters. The van der Waals surface area contributed by atoms with Crippen molar-refractivity contribution >= 4 is 23.0 Å². The molecule has 2 aliphatic rings. The molecule has 1 atom stereocenters. The summed E-state index contributed by atoms with van der Waals surface area (Å²) in [6, 6.07) is 9.59. The van der Waals surface area contributed by atoms with E-state index in [0.29, 0.717) is 12.4 Å². The van der Waals surface area contributed by atoms with Crippen LogP contribution >= 0.6 is 11.6 Å². The van der Waals surface area contributed by atoms with Crippen molar-refractivity contribution in [2.45, 2.75) is 25.4 Å². The molecule has 0 saturated heterocycles. The maximum absolute atomic E-state index is 12.7. The Labute approximate surface area is 167 Å². The number of quaternary nitrogens is 1. The lowest BCUT2D eigenvalue weighted by atomic mass is 9.82. The van der Waals surface area contributed by atoms with Crippen molar-refractivity contribution in [3.8, 4) is 0 Å². The van der Waals surface area contributed by atoms with Crippen LogP contribution in [0, 0.1) is 0 Å². The van der Waals surface area contributed by atoms with Gasteiger partial charge in [-0.2, -0.15) is 13.2 Å². The average Bonchev–Trinajstić information content (AvgIpc) is 2.68. The van der Waals surface area contributed by atoms with E-state index in [2.05, 4.69) is 34.6 Å². The van der Waals surface area contributed by atoms with Crippen LogP contribution in [0.5, 0.6) is 0 Å². The maximum Gasteiger partial charge on any atom is 0.417 e. The summed E-state index contributed by atoms with van der Waals surface area (Å²) in [7, 11) is 0. The number of anilines is 1. The topological polar surface area (TPSA) is 29.4 Å². The van der Waals surface area contributed by atoms with E-state index in [1.807, 2.05) is 0 Å². The Balaban J connectivity index is 1.35. The number of halogens is 4. The SMILES string of the molecule is FC(F)(F)c1cnc(NCC[NH+]2CCC3=C(CCc4ccccc43)C2)c(Cl)c1. The molecule has 3 nitrogen and oxygen atoms in total. The third-order valence-corrected chi connectivity index (χ3v) is 5.88. The first-order valence-corrected chi connectivity index (χ1v) is 9.89. The summed E-state index contributed by atoms with van der Waals surface area (Å²) in [6.07, 6.45) is -0.322. The van der Waals surface area contributed by atoms with Crippen LogP contribution < -0.4 is 10.2 Å². The predicted molar refractivity (Wildman–Crippen MR) is 105 cm³/mol. The average molecular weight is 409 g/mol. The van der Waals surface area contributed by atoms with E-state index in [0.717, 1.165) is 51.2 Å². The first kappa shape index (κ1) is 19.3. The quantitative estimate of drug-likeness (QED) is 0.804. The molecule has 0 spiro atoms. The molecule has 2 N–H and O–H groups in total. The van der Waals surface area contributed by atoms with Gasteiger partial charge in [0.25, 0.3) is 0 Å². The number of nitrogens with zero attached hydrogens (tertiary/aromatic N) is 1. The van der Waals surface area contributed by atoms with Gasteiger partial charge in [0.2, 0.25) is 0 Å². The smallest absolute Gasteiger partial charge is 0.363 e. The van der Waals surface area contributed by atoms with Crippen molar-refractivity contribution in [2.24, 2.45) is 0 Å². The fraction of sp³-hybridized carbons (Fsp3) is 0.381. The Kier molecular flexibility index (Phi) is 5.34. The van der Waals surface area contributed by atoms with E-state index >= 15 is 0 Å². The number of alkyl halides is 3. The molecule has 0 fully saturated rings. The monoisotopic (exact) mass is 408 g/mol. The van der Waals surface area contributed by atoms with Crippen molar-refractivity contribution in [3.05, 3.63) is 63.8 Å². The molecule has 0 amide bonds. The van der Waals surface area contributed by atoms with E-state index in [-0.39, 0.29) is 5.02 Å². The minimum Gasteiger partial charge on any atom is -0.363 e. The standard InChI is InChI=1S/C21H21ClF3N3/c22-19-11-16(21(23,24)25)12-27-20(19)26-8-10-28-9-7-18-15(13-28)6-5-14-3-1-2-4-17(14)18/h1-4,11-12H,5-10,13H2,(H,26,27)/p+1. The molecular formula is C21H22ClF3N3+. The third kappa shape index (κ3) is 4.03.